The molecule has 4 rings (SSSR count). The SMILES string of the molecule is CSc1nc2n(n1)C(c1ccccc1Cl)C(C(=O)Nc1ccccc1)=C(C)N2. The van der Waals surface area contributed by atoms with Crippen molar-refractivity contribution >= 4 is 40.9 Å². The molecule has 1 aliphatic heterocycles. The van der Waals surface area contributed by atoms with Gasteiger partial charge in [-0.15, -0.1) is 5.10 Å². The Morgan fingerprint density at radius 2 is 1.89 bits per heavy atom. The van der Waals surface area contributed by atoms with E-state index >= 15 is 0 Å². The van der Waals surface area contributed by atoms with Gasteiger partial charge in [0.05, 0.1) is 5.57 Å². The quantitative estimate of drug-likeness (QED) is 0.615. The van der Waals surface area contributed by atoms with Crippen LogP contribution in [-0.2, 0) is 4.79 Å². The van der Waals surface area contributed by atoms with Crippen LogP contribution < -0.4 is 10.6 Å². The first kappa shape index (κ1) is 18.6. The van der Waals surface area contributed by atoms with Gasteiger partial charge in [0.15, 0.2) is 0 Å². The Morgan fingerprint density at radius 1 is 1.18 bits per heavy atom. The number of benzene rings is 2. The average molecular weight is 412 g/mol. The Balaban J connectivity index is 1.82. The zero-order valence-electron chi connectivity index (χ0n) is 15.3. The second-order valence-corrected chi connectivity index (χ2v) is 7.46. The molecule has 3 aromatic rings. The number of fused-ring (bicyclic) bond motifs is 1. The number of amides is 1. The minimum Gasteiger partial charge on any atom is -0.328 e. The Morgan fingerprint density at radius 3 is 2.61 bits per heavy atom. The van der Waals surface area contributed by atoms with Gasteiger partial charge in [0.2, 0.25) is 11.1 Å². The van der Waals surface area contributed by atoms with Crippen molar-refractivity contribution in [3.63, 3.8) is 0 Å². The normalized spacial score (nSPS) is 15.8. The first-order valence-corrected chi connectivity index (χ1v) is 10.3. The maximum Gasteiger partial charge on any atom is 0.255 e. The summed E-state index contributed by atoms with van der Waals surface area (Å²) < 4.78 is 1.72. The summed E-state index contributed by atoms with van der Waals surface area (Å²) in [5.74, 6) is 0.371. The van der Waals surface area contributed by atoms with Crippen molar-refractivity contribution in [3.05, 3.63) is 76.5 Å². The number of hydrogen-bond donors (Lipinski definition) is 2. The van der Waals surface area contributed by atoms with E-state index in [2.05, 4.69) is 20.7 Å². The highest BCUT2D eigenvalue weighted by Crippen LogP contribution is 2.38. The molecule has 0 saturated carbocycles. The third-order valence-electron chi connectivity index (χ3n) is 4.49. The van der Waals surface area contributed by atoms with Gasteiger partial charge in [-0.3, -0.25) is 4.79 Å². The number of allylic oxidation sites excluding steroid dienone is 1. The molecule has 1 amide bonds. The van der Waals surface area contributed by atoms with E-state index in [-0.39, 0.29) is 5.91 Å². The van der Waals surface area contributed by atoms with Gasteiger partial charge in [0.1, 0.15) is 6.04 Å². The fourth-order valence-electron chi connectivity index (χ4n) is 3.22. The van der Waals surface area contributed by atoms with Crippen LogP contribution in [0.2, 0.25) is 5.02 Å². The summed E-state index contributed by atoms with van der Waals surface area (Å²) >= 11 is 7.94. The highest BCUT2D eigenvalue weighted by Gasteiger charge is 2.35. The van der Waals surface area contributed by atoms with Gasteiger partial charge in [0, 0.05) is 22.0 Å². The van der Waals surface area contributed by atoms with Crippen LogP contribution in [0.4, 0.5) is 11.6 Å². The molecule has 8 heteroatoms. The third kappa shape index (κ3) is 3.39. The molecular weight excluding hydrogens is 394 g/mol. The molecule has 142 valence electrons. The molecule has 1 aromatic heterocycles. The van der Waals surface area contributed by atoms with Crippen molar-refractivity contribution in [2.24, 2.45) is 0 Å². The molecule has 1 aliphatic rings. The molecule has 0 saturated heterocycles. The molecule has 2 aromatic carbocycles. The van der Waals surface area contributed by atoms with E-state index in [0.717, 1.165) is 11.3 Å². The monoisotopic (exact) mass is 411 g/mol. The topological polar surface area (TPSA) is 71.8 Å². The van der Waals surface area contributed by atoms with E-state index < -0.39 is 6.04 Å². The minimum atomic E-state index is -0.484. The van der Waals surface area contributed by atoms with Gasteiger partial charge in [-0.05, 0) is 31.4 Å². The van der Waals surface area contributed by atoms with Gasteiger partial charge in [0.25, 0.3) is 5.91 Å². The molecule has 1 unspecified atom stereocenters. The number of hydrogen-bond acceptors (Lipinski definition) is 5. The predicted molar refractivity (Wildman–Crippen MR) is 113 cm³/mol. The van der Waals surface area contributed by atoms with Gasteiger partial charge >= 0.3 is 0 Å². The van der Waals surface area contributed by atoms with Gasteiger partial charge in [-0.2, -0.15) is 4.98 Å². The molecule has 6 nitrogen and oxygen atoms in total. The van der Waals surface area contributed by atoms with Crippen LogP contribution in [0.3, 0.4) is 0 Å². The van der Waals surface area contributed by atoms with Gasteiger partial charge in [-0.1, -0.05) is 59.8 Å². The van der Waals surface area contributed by atoms with Crippen molar-refractivity contribution in [3.8, 4) is 0 Å². The maximum absolute atomic E-state index is 13.2. The maximum atomic E-state index is 13.2. The largest absolute Gasteiger partial charge is 0.328 e. The predicted octanol–water partition coefficient (Wildman–Crippen LogP) is 4.58. The fourth-order valence-corrected chi connectivity index (χ4v) is 3.80. The van der Waals surface area contributed by atoms with E-state index in [1.54, 1.807) is 4.68 Å². The second-order valence-electron chi connectivity index (χ2n) is 6.27. The summed E-state index contributed by atoms with van der Waals surface area (Å²) in [5.41, 5.74) is 2.77. The van der Waals surface area contributed by atoms with E-state index in [1.165, 1.54) is 11.8 Å². The number of thioether (sulfide) groups is 1. The van der Waals surface area contributed by atoms with Crippen molar-refractivity contribution in [1.82, 2.24) is 14.8 Å². The lowest BCUT2D eigenvalue weighted by molar-refractivity contribution is -0.113. The molecule has 2 N–H and O–H groups in total. The van der Waals surface area contributed by atoms with Crippen LogP contribution in [0.15, 0.2) is 71.0 Å². The summed E-state index contributed by atoms with van der Waals surface area (Å²) in [5, 5.41) is 11.9. The summed E-state index contributed by atoms with van der Waals surface area (Å²) in [7, 11) is 0. The van der Waals surface area contributed by atoms with Crippen LogP contribution >= 0.6 is 23.4 Å². The average Bonchev–Trinajstić information content (AvgIpc) is 3.11. The molecule has 0 spiro atoms. The zero-order chi connectivity index (χ0) is 19.7. The second kappa shape index (κ2) is 7.69. The molecule has 0 aliphatic carbocycles. The lowest BCUT2D eigenvalue weighted by Gasteiger charge is -2.29. The lowest BCUT2D eigenvalue weighted by atomic mass is 9.95. The zero-order valence-corrected chi connectivity index (χ0v) is 16.9. The summed E-state index contributed by atoms with van der Waals surface area (Å²) in [4.78, 5) is 17.7. The Bertz CT molecular complexity index is 1060. The molecule has 2 heterocycles. The van der Waals surface area contributed by atoms with E-state index in [1.807, 2.05) is 67.8 Å². The van der Waals surface area contributed by atoms with Crippen molar-refractivity contribution in [1.29, 1.82) is 0 Å². The molecule has 1 atom stereocenters. The van der Waals surface area contributed by atoms with E-state index in [9.17, 15) is 4.79 Å². The molecule has 0 radical (unpaired) electrons. The number of nitrogens with one attached hydrogen (secondary N) is 2. The summed E-state index contributed by atoms with van der Waals surface area (Å²) in [6, 6.07) is 16.4. The van der Waals surface area contributed by atoms with Crippen molar-refractivity contribution < 1.29 is 4.79 Å². The molecule has 28 heavy (non-hydrogen) atoms. The van der Waals surface area contributed by atoms with E-state index in [4.69, 9.17) is 11.6 Å². The van der Waals surface area contributed by atoms with Crippen LogP contribution in [-0.4, -0.2) is 26.9 Å². The number of rotatable bonds is 4. The molecule has 0 fully saturated rings. The van der Waals surface area contributed by atoms with E-state index in [0.29, 0.717) is 27.4 Å². The standard InChI is InChI=1S/C20H18ClN5OS/c1-12-16(18(27)23-13-8-4-3-5-9-13)17(14-10-6-7-11-15(14)21)26-19(22-12)24-20(25-26)28-2/h3-11,17H,1-2H3,(H,23,27)(H,22,24,25). The highest BCUT2D eigenvalue weighted by molar-refractivity contribution is 7.98. The minimum absolute atomic E-state index is 0.215. The number of nitrogens with zero attached hydrogens (tertiary/aromatic N) is 3. The van der Waals surface area contributed by atoms with Crippen molar-refractivity contribution in [2.45, 2.75) is 18.1 Å². The first-order valence-electron chi connectivity index (χ1n) is 8.67. The lowest BCUT2D eigenvalue weighted by Crippen LogP contribution is -2.31. The molecular formula is C20H18ClN5OS. The fraction of sp³-hybridized carbons (Fsp3) is 0.150. The van der Waals surface area contributed by atoms with Crippen molar-refractivity contribution in [2.75, 3.05) is 16.9 Å². The Hall–Kier alpha value is -2.77. The third-order valence-corrected chi connectivity index (χ3v) is 5.37. The number of para-hydroxylation sites is 1. The Labute approximate surface area is 172 Å². The summed E-state index contributed by atoms with van der Waals surface area (Å²) in [6.45, 7) is 1.86. The Kier molecular flexibility index (Phi) is 5.11. The number of aromatic nitrogens is 3. The van der Waals surface area contributed by atoms with Gasteiger partial charge < -0.3 is 10.6 Å². The van der Waals surface area contributed by atoms with Gasteiger partial charge in [-0.25, -0.2) is 4.68 Å². The van der Waals surface area contributed by atoms with Crippen LogP contribution in [0.25, 0.3) is 0 Å². The number of halogens is 1. The molecule has 0 bridgehead atoms. The van der Waals surface area contributed by atoms with Crippen LogP contribution in [0, 0.1) is 0 Å². The van der Waals surface area contributed by atoms with Crippen LogP contribution in [0.1, 0.15) is 18.5 Å². The summed E-state index contributed by atoms with van der Waals surface area (Å²) in [6.07, 6.45) is 1.91. The smallest absolute Gasteiger partial charge is 0.255 e. The highest BCUT2D eigenvalue weighted by atomic mass is 35.5. The number of carbonyl (C=O) groups is 1. The van der Waals surface area contributed by atoms with Crippen LogP contribution in [0.5, 0.6) is 0 Å². The number of carbonyl (C=O) groups excluding carboxylic acids is 1. The first-order chi connectivity index (χ1) is 13.6. The number of anilines is 2.